The van der Waals surface area contributed by atoms with Crippen molar-refractivity contribution in [3.05, 3.63) is 0 Å². The first kappa shape index (κ1) is 34.9. The molecular formula is C17H25F14N2O2S+. The third-order valence-corrected chi connectivity index (χ3v) is 6.46. The van der Waals surface area contributed by atoms with Crippen LogP contribution in [0.4, 0.5) is 61.5 Å². The fraction of sp³-hybridized carbons (Fsp3) is 1.00. The SMILES string of the molecule is C[N+](C)(C)CCCNS(=O)(=O)CCC(CC(F)(F)CC(C(F)(F)F)(C(F)(F)F)C(F)(F)F)C(F)(F)F. The third kappa shape index (κ3) is 9.98. The summed E-state index contributed by atoms with van der Waals surface area (Å²) in [5.74, 6) is -10.8. The largest absolute Gasteiger partial charge is 0.412 e. The van der Waals surface area contributed by atoms with E-state index in [1.807, 2.05) is 4.72 Å². The van der Waals surface area contributed by atoms with Crippen molar-refractivity contribution in [2.24, 2.45) is 11.3 Å². The van der Waals surface area contributed by atoms with Gasteiger partial charge < -0.3 is 4.48 Å². The first-order valence-corrected chi connectivity index (χ1v) is 11.6. The zero-order chi connectivity index (χ0) is 29.2. The molecule has 218 valence electrons. The average molecular weight is 587 g/mol. The van der Waals surface area contributed by atoms with Crippen LogP contribution in [0.25, 0.3) is 0 Å². The van der Waals surface area contributed by atoms with Gasteiger partial charge in [0.25, 0.3) is 5.41 Å². The summed E-state index contributed by atoms with van der Waals surface area (Å²) in [6.07, 6.45) is -36.5. The van der Waals surface area contributed by atoms with E-state index in [0.717, 1.165) is 0 Å². The van der Waals surface area contributed by atoms with Gasteiger partial charge in [-0.15, -0.1) is 0 Å². The van der Waals surface area contributed by atoms with Crippen LogP contribution in [0.1, 0.15) is 25.7 Å². The van der Waals surface area contributed by atoms with Crippen molar-refractivity contribution >= 4 is 10.0 Å². The van der Waals surface area contributed by atoms with Gasteiger partial charge in [0.15, 0.2) is 0 Å². The number of halogens is 14. The molecule has 36 heavy (non-hydrogen) atoms. The minimum absolute atomic E-state index is 0.192. The molecule has 0 aliphatic rings. The molecule has 0 aromatic carbocycles. The van der Waals surface area contributed by atoms with Gasteiger partial charge in [0.05, 0.1) is 39.4 Å². The van der Waals surface area contributed by atoms with Crippen LogP contribution >= 0.6 is 0 Å². The third-order valence-electron chi connectivity index (χ3n) is 5.05. The van der Waals surface area contributed by atoms with E-state index in [1.54, 1.807) is 21.1 Å². The van der Waals surface area contributed by atoms with E-state index in [0.29, 0.717) is 11.0 Å². The fourth-order valence-electron chi connectivity index (χ4n) is 3.14. The number of rotatable bonds is 12. The number of hydrogen-bond acceptors (Lipinski definition) is 2. The predicted octanol–water partition coefficient (Wildman–Crippen LogP) is 5.66. The van der Waals surface area contributed by atoms with E-state index < -0.39 is 77.0 Å². The minimum atomic E-state index is -7.39. The van der Waals surface area contributed by atoms with Gasteiger partial charge in [0, 0.05) is 25.8 Å². The molecule has 1 N–H and O–H groups in total. The van der Waals surface area contributed by atoms with Crippen LogP contribution in [0.3, 0.4) is 0 Å². The Bertz CT molecular complexity index is 772. The molecule has 0 aliphatic heterocycles. The smallest absolute Gasteiger partial charge is 0.331 e. The number of sulfonamides is 1. The molecule has 0 spiro atoms. The topological polar surface area (TPSA) is 46.2 Å². The van der Waals surface area contributed by atoms with Crippen LogP contribution in [0.2, 0.25) is 0 Å². The second-order valence-corrected chi connectivity index (χ2v) is 11.2. The maximum Gasteiger partial charge on any atom is 0.412 e. The lowest BCUT2D eigenvalue weighted by atomic mass is 9.77. The van der Waals surface area contributed by atoms with Crippen molar-refractivity contribution in [2.45, 2.75) is 56.3 Å². The maximum absolute atomic E-state index is 14.1. The highest BCUT2D eigenvalue weighted by atomic mass is 32.2. The first-order chi connectivity index (χ1) is 15.5. The molecule has 0 aliphatic carbocycles. The lowest BCUT2D eigenvalue weighted by molar-refractivity contribution is -0.870. The first-order valence-electron chi connectivity index (χ1n) is 9.90. The Morgan fingerprint density at radius 3 is 1.50 bits per heavy atom. The van der Waals surface area contributed by atoms with Gasteiger partial charge in [-0.1, -0.05) is 0 Å². The summed E-state index contributed by atoms with van der Waals surface area (Å²) in [5.41, 5.74) is -7.02. The van der Waals surface area contributed by atoms with Crippen molar-refractivity contribution in [3.8, 4) is 0 Å². The minimum Gasteiger partial charge on any atom is -0.331 e. The molecule has 0 fully saturated rings. The molecule has 0 aromatic heterocycles. The number of quaternary nitrogens is 1. The van der Waals surface area contributed by atoms with Crippen molar-refractivity contribution in [1.29, 1.82) is 0 Å². The van der Waals surface area contributed by atoms with Gasteiger partial charge in [-0.3, -0.25) is 0 Å². The van der Waals surface area contributed by atoms with Crippen LogP contribution in [-0.2, 0) is 10.0 Å². The van der Waals surface area contributed by atoms with Gasteiger partial charge in [0.2, 0.25) is 15.9 Å². The molecule has 0 saturated heterocycles. The zero-order valence-corrected chi connectivity index (χ0v) is 19.8. The molecule has 0 rings (SSSR count). The molecule has 0 bridgehead atoms. The molecule has 0 amide bonds. The highest BCUT2D eigenvalue weighted by Gasteiger charge is 2.85. The van der Waals surface area contributed by atoms with Crippen LogP contribution < -0.4 is 4.72 Å². The highest BCUT2D eigenvalue weighted by Crippen LogP contribution is 2.64. The summed E-state index contributed by atoms with van der Waals surface area (Å²) >= 11 is 0. The molecule has 0 saturated carbocycles. The molecule has 1 atom stereocenters. The van der Waals surface area contributed by atoms with E-state index in [4.69, 9.17) is 0 Å². The second kappa shape index (κ2) is 10.9. The van der Waals surface area contributed by atoms with Gasteiger partial charge in [0.1, 0.15) is 0 Å². The van der Waals surface area contributed by atoms with Gasteiger partial charge in [-0.25, -0.2) is 21.9 Å². The average Bonchev–Trinajstić information content (AvgIpc) is 2.55. The summed E-state index contributed by atoms with van der Waals surface area (Å²) in [6, 6.07) is 0. The molecule has 0 radical (unpaired) electrons. The van der Waals surface area contributed by atoms with Crippen LogP contribution in [0, 0.1) is 11.3 Å². The summed E-state index contributed by atoms with van der Waals surface area (Å²) in [4.78, 5) is 0. The fourth-order valence-corrected chi connectivity index (χ4v) is 4.33. The van der Waals surface area contributed by atoms with Crippen molar-refractivity contribution < 1.29 is 74.4 Å². The van der Waals surface area contributed by atoms with Crippen LogP contribution in [0.5, 0.6) is 0 Å². The van der Waals surface area contributed by atoms with Gasteiger partial charge in [-0.2, -0.15) is 52.7 Å². The Morgan fingerprint density at radius 1 is 0.750 bits per heavy atom. The quantitative estimate of drug-likeness (QED) is 0.182. The maximum atomic E-state index is 14.1. The van der Waals surface area contributed by atoms with Gasteiger partial charge in [-0.05, 0) is 6.42 Å². The molecule has 1 unspecified atom stereocenters. The summed E-state index contributed by atoms with van der Waals surface area (Å²) in [5, 5.41) is 0. The molecule has 0 aromatic rings. The monoisotopic (exact) mass is 587 g/mol. The van der Waals surface area contributed by atoms with E-state index in [-0.39, 0.29) is 13.0 Å². The second-order valence-electron chi connectivity index (χ2n) is 9.24. The highest BCUT2D eigenvalue weighted by molar-refractivity contribution is 7.89. The van der Waals surface area contributed by atoms with E-state index >= 15 is 0 Å². The Balaban J connectivity index is 5.81. The Labute approximate surface area is 197 Å². The van der Waals surface area contributed by atoms with Crippen LogP contribution in [-0.4, -0.2) is 83.5 Å². The lowest BCUT2D eigenvalue weighted by Crippen LogP contribution is -2.61. The molecular weight excluding hydrogens is 562 g/mol. The normalized spacial score (nSPS) is 16.4. The molecule has 4 nitrogen and oxygen atoms in total. The van der Waals surface area contributed by atoms with E-state index in [9.17, 15) is 69.9 Å². The standard InChI is InChI=1S/C17H25F14N2O2S/c1-33(2,3)7-4-6-32-36(34,35)8-5-11(14(20,21)22)9-12(18,19)10-13(15(23,24)25,16(26,27)28)17(29,30)31/h11,32H,4-10H2,1-3H3/q+1. The van der Waals surface area contributed by atoms with Crippen molar-refractivity contribution in [2.75, 3.05) is 40.0 Å². The Kier molecular flexibility index (Phi) is 10.6. The van der Waals surface area contributed by atoms with Crippen molar-refractivity contribution in [3.63, 3.8) is 0 Å². The Morgan fingerprint density at radius 2 is 1.17 bits per heavy atom. The molecule has 0 heterocycles. The van der Waals surface area contributed by atoms with Crippen LogP contribution in [0.15, 0.2) is 0 Å². The van der Waals surface area contributed by atoms with Crippen molar-refractivity contribution in [1.82, 2.24) is 4.72 Å². The van der Waals surface area contributed by atoms with E-state index in [2.05, 4.69) is 0 Å². The number of nitrogens with one attached hydrogen (secondary N) is 1. The number of hydrogen-bond donors (Lipinski definition) is 1. The Hall–Kier alpha value is -1.11. The van der Waals surface area contributed by atoms with E-state index in [1.165, 1.54) is 0 Å². The predicted molar refractivity (Wildman–Crippen MR) is 98.2 cm³/mol. The lowest BCUT2D eigenvalue weighted by Gasteiger charge is -2.41. The van der Waals surface area contributed by atoms with Gasteiger partial charge >= 0.3 is 24.7 Å². The zero-order valence-electron chi connectivity index (χ0n) is 19.0. The summed E-state index contributed by atoms with van der Waals surface area (Å²) in [7, 11) is 0.632. The molecule has 19 heteroatoms. The summed E-state index contributed by atoms with van der Waals surface area (Å²) < 4.78 is 210. The summed E-state index contributed by atoms with van der Waals surface area (Å²) in [6.45, 7) is 0.120. The number of nitrogens with zero attached hydrogens (tertiary/aromatic N) is 1. The number of alkyl halides is 14.